The van der Waals surface area contributed by atoms with Crippen LogP contribution in [0.5, 0.6) is 0 Å². The highest BCUT2D eigenvalue weighted by Crippen LogP contribution is 2.50. The van der Waals surface area contributed by atoms with Crippen molar-refractivity contribution in [2.24, 2.45) is 5.41 Å². The Bertz CT molecular complexity index is 259. The fourth-order valence-electron chi connectivity index (χ4n) is 2.33. The number of aliphatic hydroxyl groups is 1. The molecule has 0 atom stereocenters. The molecule has 1 N–H and O–H groups in total. The molecule has 78 valence electrons. The summed E-state index contributed by atoms with van der Waals surface area (Å²) >= 11 is 0. The first-order chi connectivity index (χ1) is 6.61. The zero-order valence-electron chi connectivity index (χ0n) is 8.79. The van der Waals surface area contributed by atoms with Crippen LogP contribution in [0, 0.1) is 16.7 Å². The van der Waals surface area contributed by atoms with Crippen molar-refractivity contribution in [2.75, 3.05) is 19.6 Å². The van der Waals surface area contributed by atoms with Crippen LogP contribution in [-0.2, 0) is 0 Å². The molecule has 2 fully saturated rings. The van der Waals surface area contributed by atoms with Gasteiger partial charge in [-0.05, 0) is 24.7 Å². The summed E-state index contributed by atoms with van der Waals surface area (Å²) in [6, 6.07) is 2.27. The molecule has 1 saturated heterocycles. The number of likely N-dealkylation sites (tertiary alicyclic amines) is 1. The third-order valence-electron chi connectivity index (χ3n) is 3.66. The molecule has 0 aromatic heterocycles. The molecule has 0 aromatic rings. The van der Waals surface area contributed by atoms with E-state index in [9.17, 15) is 5.11 Å². The third kappa shape index (κ3) is 1.77. The molecular formula is C11H18N2O. The minimum absolute atomic E-state index is 0.295. The van der Waals surface area contributed by atoms with Gasteiger partial charge in [-0.25, -0.2) is 0 Å². The van der Waals surface area contributed by atoms with E-state index in [0.29, 0.717) is 11.8 Å². The number of rotatable bonds is 4. The van der Waals surface area contributed by atoms with Crippen LogP contribution < -0.4 is 0 Å². The molecule has 1 heterocycles. The minimum Gasteiger partial charge on any atom is -0.387 e. The van der Waals surface area contributed by atoms with Gasteiger partial charge in [0.2, 0.25) is 0 Å². The maximum Gasteiger partial charge on any atom is 0.0897 e. The van der Waals surface area contributed by atoms with Gasteiger partial charge in [0.25, 0.3) is 0 Å². The summed E-state index contributed by atoms with van der Waals surface area (Å²) in [5.74, 6) is 0. The van der Waals surface area contributed by atoms with Gasteiger partial charge in [0, 0.05) is 26.1 Å². The van der Waals surface area contributed by atoms with Crippen LogP contribution in [0.4, 0.5) is 0 Å². The normalized spacial score (nSPS) is 27.8. The molecule has 1 aliphatic heterocycles. The van der Waals surface area contributed by atoms with Gasteiger partial charge in [-0.1, -0.05) is 6.92 Å². The average molecular weight is 194 g/mol. The smallest absolute Gasteiger partial charge is 0.0897 e. The van der Waals surface area contributed by atoms with Gasteiger partial charge >= 0.3 is 0 Å². The van der Waals surface area contributed by atoms with Gasteiger partial charge in [-0.3, -0.25) is 4.90 Å². The maximum atomic E-state index is 9.83. The second-order valence-corrected chi connectivity index (χ2v) is 5.06. The molecule has 3 heteroatoms. The van der Waals surface area contributed by atoms with Crippen LogP contribution >= 0.6 is 0 Å². The Morgan fingerprint density at radius 3 is 2.50 bits per heavy atom. The summed E-state index contributed by atoms with van der Waals surface area (Å²) in [4.78, 5) is 2.29. The number of nitrogens with zero attached hydrogens (tertiary/aromatic N) is 2. The van der Waals surface area contributed by atoms with E-state index in [-0.39, 0.29) is 0 Å². The molecule has 1 aliphatic carbocycles. The molecule has 14 heavy (non-hydrogen) atoms. The predicted molar refractivity (Wildman–Crippen MR) is 53.6 cm³/mol. The van der Waals surface area contributed by atoms with Crippen molar-refractivity contribution in [3.63, 3.8) is 0 Å². The highest BCUT2D eigenvalue weighted by molar-refractivity contribution is 5.05. The summed E-state index contributed by atoms with van der Waals surface area (Å²) in [6.45, 7) is 4.65. The Morgan fingerprint density at radius 2 is 2.07 bits per heavy atom. The topological polar surface area (TPSA) is 47.3 Å². The Kier molecular flexibility index (Phi) is 2.29. The summed E-state index contributed by atoms with van der Waals surface area (Å²) in [6.07, 6.45) is 3.92. The number of hydrogen-bond donors (Lipinski definition) is 1. The second kappa shape index (κ2) is 3.22. The molecule has 0 unspecified atom stereocenters. The van der Waals surface area contributed by atoms with Crippen molar-refractivity contribution in [1.29, 1.82) is 5.26 Å². The predicted octanol–water partition coefficient (Wildman–Crippen LogP) is 1.14. The van der Waals surface area contributed by atoms with Crippen molar-refractivity contribution in [3.8, 4) is 6.07 Å². The second-order valence-electron chi connectivity index (χ2n) is 5.06. The lowest BCUT2D eigenvalue weighted by atomic mass is 9.89. The zero-order chi connectivity index (χ0) is 10.2. The molecule has 3 nitrogen and oxygen atoms in total. The van der Waals surface area contributed by atoms with Crippen LogP contribution in [0.1, 0.15) is 32.6 Å². The van der Waals surface area contributed by atoms with Crippen molar-refractivity contribution in [2.45, 2.75) is 38.2 Å². The van der Waals surface area contributed by atoms with E-state index in [1.165, 1.54) is 12.8 Å². The maximum absolute atomic E-state index is 9.83. The molecule has 0 amide bonds. The van der Waals surface area contributed by atoms with Gasteiger partial charge in [-0.2, -0.15) is 5.26 Å². The molecule has 2 rings (SSSR count). The van der Waals surface area contributed by atoms with Gasteiger partial charge in [-0.15, -0.1) is 0 Å². The molecule has 2 aliphatic rings. The van der Waals surface area contributed by atoms with Crippen molar-refractivity contribution < 1.29 is 5.11 Å². The van der Waals surface area contributed by atoms with Crippen LogP contribution in [0.2, 0.25) is 0 Å². The van der Waals surface area contributed by atoms with Gasteiger partial charge in [0.15, 0.2) is 0 Å². The zero-order valence-corrected chi connectivity index (χ0v) is 8.79. The fourth-order valence-corrected chi connectivity index (χ4v) is 2.33. The average Bonchev–Trinajstić information content (AvgIpc) is 2.83. The third-order valence-corrected chi connectivity index (χ3v) is 3.66. The largest absolute Gasteiger partial charge is 0.387 e. The van der Waals surface area contributed by atoms with Crippen LogP contribution in [0.15, 0.2) is 0 Å². The van der Waals surface area contributed by atoms with E-state index >= 15 is 0 Å². The first-order valence-corrected chi connectivity index (χ1v) is 5.43. The number of hydrogen-bond acceptors (Lipinski definition) is 3. The minimum atomic E-state index is -0.428. The Morgan fingerprint density at radius 1 is 1.43 bits per heavy atom. The SMILES string of the molecule is CCC1(O)CN(CC2(CC#N)CC2)C1. The number of nitriles is 1. The van der Waals surface area contributed by atoms with Crippen LogP contribution in [-0.4, -0.2) is 35.2 Å². The summed E-state index contributed by atoms with van der Waals surface area (Å²) < 4.78 is 0. The summed E-state index contributed by atoms with van der Waals surface area (Å²) in [5, 5.41) is 18.5. The fraction of sp³-hybridized carbons (Fsp3) is 0.909. The van der Waals surface area contributed by atoms with Crippen LogP contribution in [0.25, 0.3) is 0 Å². The highest BCUT2D eigenvalue weighted by atomic mass is 16.3. The number of β-amino-alcohol motifs (C(OH)–C–C–N with tert-alkyl or cyclic N) is 1. The lowest BCUT2D eigenvalue weighted by Gasteiger charge is -2.47. The Labute approximate surface area is 85.3 Å². The van der Waals surface area contributed by atoms with Gasteiger partial charge in [0.05, 0.1) is 11.7 Å². The molecule has 1 saturated carbocycles. The Hall–Kier alpha value is -0.590. The lowest BCUT2D eigenvalue weighted by molar-refractivity contribution is -0.105. The quantitative estimate of drug-likeness (QED) is 0.730. The standard InChI is InChI=1S/C11H18N2O/c1-2-11(14)8-13(9-11)7-10(3-4-10)5-6-12/h14H,2-5,7-9H2,1H3. The highest BCUT2D eigenvalue weighted by Gasteiger charge is 2.48. The lowest BCUT2D eigenvalue weighted by Crippen LogP contribution is -2.62. The molecule has 0 aromatic carbocycles. The van der Waals surface area contributed by atoms with Crippen molar-refractivity contribution in [1.82, 2.24) is 4.90 Å². The first kappa shape index (κ1) is 9.95. The van der Waals surface area contributed by atoms with Crippen LogP contribution in [0.3, 0.4) is 0 Å². The van der Waals surface area contributed by atoms with E-state index in [1.807, 2.05) is 6.92 Å². The van der Waals surface area contributed by atoms with E-state index in [0.717, 1.165) is 26.1 Å². The molecular weight excluding hydrogens is 176 g/mol. The van der Waals surface area contributed by atoms with E-state index in [2.05, 4.69) is 11.0 Å². The molecule has 0 radical (unpaired) electrons. The van der Waals surface area contributed by atoms with E-state index in [4.69, 9.17) is 5.26 Å². The Balaban J connectivity index is 1.77. The summed E-state index contributed by atoms with van der Waals surface area (Å²) in [5.41, 5.74) is -0.132. The van der Waals surface area contributed by atoms with E-state index < -0.39 is 5.60 Å². The van der Waals surface area contributed by atoms with Gasteiger partial charge in [0.1, 0.15) is 0 Å². The first-order valence-electron chi connectivity index (χ1n) is 5.43. The summed E-state index contributed by atoms with van der Waals surface area (Å²) in [7, 11) is 0. The molecule has 0 bridgehead atoms. The van der Waals surface area contributed by atoms with E-state index in [1.54, 1.807) is 0 Å². The monoisotopic (exact) mass is 194 g/mol. The van der Waals surface area contributed by atoms with Gasteiger partial charge < -0.3 is 5.11 Å². The van der Waals surface area contributed by atoms with Crippen molar-refractivity contribution >= 4 is 0 Å². The van der Waals surface area contributed by atoms with Crippen molar-refractivity contribution in [3.05, 3.63) is 0 Å². The molecule has 0 spiro atoms.